The first-order valence-corrected chi connectivity index (χ1v) is 6.70. The fraction of sp³-hybridized carbons (Fsp3) is 0.286. The van der Waals surface area contributed by atoms with Gasteiger partial charge in [-0.05, 0) is 19.1 Å². The number of hydrogen-bond donors (Lipinski definition) is 4. The zero-order chi connectivity index (χ0) is 17.2. The van der Waals surface area contributed by atoms with Crippen LogP contribution >= 0.6 is 0 Å². The van der Waals surface area contributed by atoms with Gasteiger partial charge in [-0.3, -0.25) is 14.4 Å². The van der Waals surface area contributed by atoms with E-state index in [1.807, 2.05) is 5.43 Å². The van der Waals surface area contributed by atoms with Crippen molar-refractivity contribution in [2.75, 3.05) is 18.5 Å². The van der Waals surface area contributed by atoms with Crippen LogP contribution in [0, 0.1) is 5.82 Å². The maximum absolute atomic E-state index is 13.4. The predicted octanol–water partition coefficient (Wildman–Crippen LogP) is -0.245. The molecule has 0 atom stereocenters. The molecule has 0 aliphatic carbocycles. The molecule has 1 rings (SSSR count). The number of carbonyl (C=O) groups is 3. The van der Waals surface area contributed by atoms with E-state index in [0.717, 1.165) is 0 Å². The van der Waals surface area contributed by atoms with E-state index in [2.05, 4.69) is 15.7 Å². The summed E-state index contributed by atoms with van der Waals surface area (Å²) in [6, 6.07) is 5.69. The van der Waals surface area contributed by atoms with Gasteiger partial charge in [0, 0.05) is 12.3 Å². The lowest BCUT2D eigenvalue weighted by molar-refractivity contribution is -0.139. The Morgan fingerprint density at radius 3 is 2.57 bits per heavy atom. The number of benzene rings is 1. The second kappa shape index (κ2) is 9.26. The van der Waals surface area contributed by atoms with Gasteiger partial charge in [0.25, 0.3) is 0 Å². The van der Waals surface area contributed by atoms with E-state index >= 15 is 0 Å². The van der Waals surface area contributed by atoms with Crippen molar-refractivity contribution in [3.8, 4) is 0 Å². The van der Waals surface area contributed by atoms with Crippen molar-refractivity contribution in [2.45, 2.75) is 13.3 Å². The van der Waals surface area contributed by atoms with Crippen molar-refractivity contribution in [1.82, 2.24) is 10.7 Å². The molecular formula is C14H17FN4O4. The average Bonchev–Trinajstić information content (AvgIpc) is 2.52. The number of anilines is 1. The normalized spacial score (nSPS) is 10.8. The molecule has 124 valence electrons. The SMILES string of the molecule is C/C(CC(=O)Nc1ccccc1F)=N\NC(=O)C(=O)NCCO. The minimum absolute atomic E-state index is 0.0396. The van der Waals surface area contributed by atoms with E-state index in [9.17, 15) is 18.8 Å². The summed E-state index contributed by atoms with van der Waals surface area (Å²) in [7, 11) is 0. The summed E-state index contributed by atoms with van der Waals surface area (Å²) in [5.74, 6) is -3.06. The van der Waals surface area contributed by atoms with Crippen molar-refractivity contribution in [1.29, 1.82) is 0 Å². The Morgan fingerprint density at radius 1 is 1.22 bits per heavy atom. The molecule has 0 saturated carbocycles. The highest BCUT2D eigenvalue weighted by Crippen LogP contribution is 2.12. The number of nitrogens with one attached hydrogen (secondary N) is 3. The fourth-order valence-electron chi connectivity index (χ4n) is 1.48. The number of rotatable bonds is 6. The van der Waals surface area contributed by atoms with Crippen molar-refractivity contribution in [3.05, 3.63) is 30.1 Å². The Bertz CT molecular complexity index is 619. The third-order valence-electron chi connectivity index (χ3n) is 2.52. The summed E-state index contributed by atoms with van der Waals surface area (Å²) < 4.78 is 13.4. The number of hydrazone groups is 1. The van der Waals surface area contributed by atoms with Gasteiger partial charge in [0.05, 0.1) is 18.7 Å². The highest BCUT2D eigenvalue weighted by atomic mass is 19.1. The maximum atomic E-state index is 13.4. The molecule has 0 bridgehead atoms. The van der Waals surface area contributed by atoms with Crippen molar-refractivity contribution < 1.29 is 23.9 Å². The largest absolute Gasteiger partial charge is 0.395 e. The molecule has 0 spiro atoms. The lowest BCUT2D eigenvalue weighted by atomic mass is 10.2. The Morgan fingerprint density at radius 2 is 1.91 bits per heavy atom. The van der Waals surface area contributed by atoms with Gasteiger partial charge in [0.1, 0.15) is 5.82 Å². The van der Waals surface area contributed by atoms with Gasteiger partial charge in [-0.15, -0.1) is 0 Å². The first-order valence-electron chi connectivity index (χ1n) is 6.70. The van der Waals surface area contributed by atoms with Gasteiger partial charge in [0.2, 0.25) is 5.91 Å². The van der Waals surface area contributed by atoms with Gasteiger partial charge in [-0.25, -0.2) is 9.82 Å². The summed E-state index contributed by atoms with van der Waals surface area (Å²) in [5, 5.41) is 16.6. The van der Waals surface area contributed by atoms with E-state index in [1.54, 1.807) is 6.07 Å². The van der Waals surface area contributed by atoms with Crippen LogP contribution in [-0.4, -0.2) is 41.7 Å². The zero-order valence-electron chi connectivity index (χ0n) is 12.4. The molecular weight excluding hydrogens is 307 g/mol. The predicted molar refractivity (Wildman–Crippen MR) is 81.0 cm³/mol. The van der Waals surface area contributed by atoms with E-state index in [-0.39, 0.29) is 31.0 Å². The van der Waals surface area contributed by atoms with Crippen LogP contribution < -0.4 is 16.1 Å². The number of nitrogens with zero attached hydrogens (tertiary/aromatic N) is 1. The molecule has 0 aliphatic rings. The zero-order valence-corrected chi connectivity index (χ0v) is 12.4. The molecule has 1 aromatic carbocycles. The number of halogens is 1. The van der Waals surface area contributed by atoms with Gasteiger partial charge in [-0.2, -0.15) is 5.10 Å². The van der Waals surface area contributed by atoms with Crippen LogP contribution in [0.2, 0.25) is 0 Å². The summed E-state index contributed by atoms with van der Waals surface area (Å²) in [6.45, 7) is 1.12. The van der Waals surface area contributed by atoms with Crippen molar-refractivity contribution in [3.63, 3.8) is 0 Å². The molecule has 3 amide bonds. The van der Waals surface area contributed by atoms with Crippen LogP contribution in [0.5, 0.6) is 0 Å². The highest BCUT2D eigenvalue weighted by Gasteiger charge is 2.12. The molecule has 0 saturated heterocycles. The van der Waals surface area contributed by atoms with E-state index in [0.29, 0.717) is 0 Å². The van der Waals surface area contributed by atoms with Crippen LogP contribution in [-0.2, 0) is 14.4 Å². The fourth-order valence-corrected chi connectivity index (χ4v) is 1.48. The molecule has 23 heavy (non-hydrogen) atoms. The summed E-state index contributed by atoms with van der Waals surface area (Å²) in [5.41, 5.74) is 2.24. The Kier molecular flexibility index (Phi) is 7.34. The third-order valence-corrected chi connectivity index (χ3v) is 2.52. The summed E-state index contributed by atoms with van der Waals surface area (Å²) in [4.78, 5) is 34.2. The monoisotopic (exact) mass is 324 g/mol. The summed E-state index contributed by atoms with van der Waals surface area (Å²) >= 11 is 0. The molecule has 0 fully saturated rings. The molecule has 4 N–H and O–H groups in total. The maximum Gasteiger partial charge on any atom is 0.329 e. The van der Waals surface area contributed by atoms with Crippen LogP contribution in [0.4, 0.5) is 10.1 Å². The first-order chi connectivity index (χ1) is 10.9. The van der Waals surface area contributed by atoms with Crippen LogP contribution in [0.1, 0.15) is 13.3 Å². The highest BCUT2D eigenvalue weighted by molar-refractivity contribution is 6.35. The molecule has 0 radical (unpaired) electrons. The third kappa shape index (κ3) is 6.66. The van der Waals surface area contributed by atoms with Gasteiger partial charge in [-0.1, -0.05) is 12.1 Å². The van der Waals surface area contributed by atoms with Crippen molar-refractivity contribution >= 4 is 29.1 Å². The first kappa shape index (κ1) is 18.2. The van der Waals surface area contributed by atoms with Gasteiger partial charge < -0.3 is 15.7 Å². The quantitative estimate of drug-likeness (QED) is 0.328. The smallest absolute Gasteiger partial charge is 0.329 e. The second-order valence-electron chi connectivity index (χ2n) is 4.47. The molecule has 0 heterocycles. The number of aliphatic hydroxyl groups is 1. The van der Waals surface area contributed by atoms with Gasteiger partial charge >= 0.3 is 11.8 Å². The van der Waals surface area contributed by atoms with Crippen LogP contribution in [0.3, 0.4) is 0 Å². The average molecular weight is 324 g/mol. The Balaban J connectivity index is 2.47. The van der Waals surface area contributed by atoms with E-state index in [4.69, 9.17) is 5.11 Å². The van der Waals surface area contributed by atoms with Gasteiger partial charge in [0.15, 0.2) is 0 Å². The number of para-hydroxylation sites is 1. The number of amides is 3. The standard InChI is InChI=1S/C14H17FN4O4/c1-9(18-19-14(23)13(22)16-6-7-20)8-12(21)17-11-5-3-2-4-10(11)15/h2-5,20H,6-8H2,1H3,(H,16,22)(H,17,21)(H,19,23)/b18-9+. The number of hydrogen-bond acceptors (Lipinski definition) is 5. The molecule has 0 aromatic heterocycles. The molecule has 8 nitrogen and oxygen atoms in total. The topological polar surface area (TPSA) is 120 Å². The Hall–Kier alpha value is -2.81. The molecule has 9 heteroatoms. The van der Waals surface area contributed by atoms with E-state index in [1.165, 1.54) is 25.1 Å². The lowest BCUT2D eigenvalue weighted by Gasteiger charge is -2.06. The van der Waals surface area contributed by atoms with Crippen LogP contribution in [0.25, 0.3) is 0 Å². The minimum atomic E-state index is -1.02. The number of aliphatic hydroxyl groups excluding tert-OH is 1. The Labute approximate surface area is 131 Å². The minimum Gasteiger partial charge on any atom is -0.395 e. The van der Waals surface area contributed by atoms with Crippen LogP contribution in [0.15, 0.2) is 29.4 Å². The number of carbonyl (C=O) groups excluding carboxylic acids is 3. The lowest BCUT2D eigenvalue weighted by Crippen LogP contribution is -2.39. The second-order valence-corrected chi connectivity index (χ2v) is 4.47. The van der Waals surface area contributed by atoms with E-state index < -0.39 is 23.5 Å². The summed E-state index contributed by atoms with van der Waals surface area (Å²) in [6.07, 6.45) is -0.188. The molecule has 0 aliphatic heterocycles. The molecule has 1 aromatic rings. The molecule has 0 unspecified atom stereocenters. The van der Waals surface area contributed by atoms with Crippen molar-refractivity contribution in [2.24, 2.45) is 5.10 Å².